The van der Waals surface area contributed by atoms with Crippen LogP contribution in [0, 0.1) is 0 Å². The van der Waals surface area contributed by atoms with Crippen LogP contribution in [0.25, 0.3) is 0 Å². The lowest BCUT2D eigenvalue weighted by Gasteiger charge is -2.22. The molecule has 2 rings (SSSR count). The van der Waals surface area contributed by atoms with Gasteiger partial charge < -0.3 is 4.74 Å². The van der Waals surface area contributed by atoms with Gasteiger partial charge in [-0.1, -0.05) is 0 Å². The van der Waals surface area contributed by atoms with E-state index in [4.69, 9.17) is 4.74 Å². The molecule has 0 amide bonds. The van der Waals surface area contributed by atoms with E-state index >= 15 is 0 Å². The Kier molecular flexibility index (Phi) is 2.88. The molecule has 1 aliphatic heterocycles. The van der Waals surface area contributed by atoms with Crippen LogP contribution < -0.4 is 0 Å². The fourth-order valence-electron chi connectivity index (χ4n) is 3.02. The Bertz CT molecular complexity index is 412. The van der Waals surface area contributed by atoms with Crippen LogP contribution >= 0.6 is 0 Å². The Morgan fingerprint density at radius 3 is 2.41 bits per heavy atom. The molecule has 2 fully saturated rings. The zero-order valence-electron chi connectivity index (χ0n) is 11.4. The normalized spacial score (nSPS) is 42.1. The maximum Gasteiger partial charge on any atom is 0.220 e. The first-order chi connectivity index (χ1) is 7.66. The predicted molar refractivity (Wildman–Crippen MR) is 67.4 cm³/mol. The van der Waals surface area contributed by atoms with Gasteiger partial charge in [0.1, 0.15) is 0 Å². The van der Waals surface area contributed by atoms with Gasteiger partial charge in [-0.2, -0.15) is 4.31 Å². The van der Waals surface area contributed by atoms with Gasteiger partial charge in [0.2, 0.25) is 10.0 Å². The highest BCUT2D eigenvalue weighted by Crippen LogP contribution is 2.55. The van der Waals surface area contributed by atoms with Crippen molar-refractivity contribution >= 4 is 10.0 Å². The molecule has 1 unspecified atom stereocenters. The summed E-state index contributed by atoms with van der Waals surface area (Å²) in [5.41, 5.74) is -0.203. The van der Waals surface area contributed by atoms with Gasteiger partial charge in [0, 0.05) is 7.11 Å². The maximum atomic E-state index is 12.5. The van der Waals surface area contributed by atoms with Crippen molar-refractivity contribution in [3.8, 4) is 0 Å². The monoisotopic (exact) mass is 261 g/mol. The van der Waals surface area contributed by atoms with E-state index in [1.165, 1.54) is 0 Å². The molecule has 1 aliphatic carbocycles. The molecular weight excluding hydrogens is 238 g/mol. The Balaban J connectivity index is 2.32. The van der Waals surface area contributed by atoms with Gasteiger partial charge in [0.05, 0.1) is 22.4 Å². The Hall–Kier alpha value is -0.130. The van der Waals surface area contributed by atoms with Crippen molar-refractivity contribution in [2.24, 2.45) is 0 Å². The molecule has 4 atom stereocenters. The minimum absolute atomic E-state index is 0.0467. The number of sulfonamides is 1. The fraction of sp³-hybridized carbons (Fsp3) is 1.00. The predicted octanol–water partition coefficient (Wildman–Crippen LogP) is 1.76. The number of ether oxygens (including phenoxy) is 1. The number of fused-ring (bicyclic) bond motifs is 1. The van der Waals surface area contributed by atoms with Gasteiger partial charge in [0.15, 0.2) is 0 Å². The van der Waals surface area contributed by atoms with Crippen LogP contribution in [-0.4, -0.2) is 42.3 Å². The topological polar surface area (TPSA) is 46.4 Å². The molecule has 1 heterocycles. The number of hydrogen-bond acceptors (Lipinski definition) is 3. The lowest BCUT2D eigenvalue weighted by molar-refractivity contribution is 0.0743. The average Bonchev–Trinajstić information content (AvgIpc) is 2.82. The van der Waals surface area contributed by atoms with Crippen molar-refractivity contribution in [2.45, 2.75) is 69.4 Å². The molecule has 2 aliphatic rings. The summed E-state index contributed by atoms with van der Waals surface area (Å²) >= 11 is 0. The minimum atomic E-state index is -3.23. The van der Waals surface area contributed by atoms with E-state index < -0.39 is 14.8 Å². The number of hydrogen-bond donors (Lipinski definition) is 0. The SMILES string of the molecule is CO[C@@H]1CCC[C@@]2(C)[C@@H]1N2S(=O)(=O)C(C)(C)C. The van der Waals surface area contributed by atoms with Gasteiger partial charge in [-0.25, -0.2) is 8.42 Å². The number of methoxy groups -OCH3 is 1. The Labute approximate surface area is 104 Å². The van der Waals surface area contributed by atoms with Gasteiger partial charge in [-0.3, -0.25) is 0 Å². The molecule has 17 heavy (non-hydrogen) atoms. The van der Waals surface area contributed by atoms with E-state index in [2.05, 4.69) is 0 Å². The van der Waals surface area contributed by atoms with Crippen LogP contribution in [0.3, 0.4) is 0 Å². The van der Waals surface area contributed by atoms with Gasteiger partial charge >= 0.3 is 0 Å². The second-order valence-electron chi connectivity index (χ2n) is 6.38. The van der Waals surface area contributed by atoms with E-state index in [1.807, 2.05) is 6.92 Å². The zero-order valence-corrected chi connectivity index (χ0v) is 12.2. The molecule has 0 bridgehead atoms. The summed E-state index contributed by atoms with van der Waals surface area (Å²) in [6, 6.07) is 0.0467. The second-order valence-corrected chi connectivity index (χ2v) is 8.95. The summed E-state index contributed by atoms with van der Waals surface area (Å²) in [5, 5.41) is 0. The minimum Gasteiger partial charge on any atom is -0.380 e. The van der Waals surface area contributed by atoms with Gasteiger partial charge in [0.25, 0.3) is 0 Å². The van der Waals surface area contributed by atoms with Crippen molar-refractivity contribution in [3.63, 3.8) is 0 Å². The molecule has 1 saturated heterocycles. The highest BCUT2D eigenvalue weighted by atomic mass is 32.2. The Morgan fingerprint density at radius 2 is 1.94 bits per heavy atom. The van der Waals surface area contributed by atoms with E-state index in [0.717, 1.165) is 19.3 Å². The third-order valence-electron chi connectivity index (χ3n) is 4.18. The molecule has 0 spiro atoms. The average molecular weight is 261 g/mol. The van der Waals surface area contributed by atoms with E-state index in [-0.39, 0.29) is 17.7 Å². The number of rotatable bonds is 2. The highest BCUT2D eigenvalue weighted by Gasteiger charge is 2.70. The van der Waals surface area contributed by atoms with E-state index in [1.54, 1.807) is 32.2 Å². The molecule has 4 nitrogen and oxygen atoms in total. The first kappa shape index (κ1) is 13.3. The lowest BCUT2D eigenvalue weighted by Crippen LogP contribution is -2.36. The largest absolute Gasteiger partial charge is 0.380 e. The molecule has 100 valence electrons. The molecule has 0 N–H and O–H groups in total. The van der Waals surface area contributed by atoms with Crippen LogP contribution in [0.2, 0.25) is 0 Å². The zero-order chi connectivity index (χ0) is 13.1. The summed E-state index contributed by atoms with van der Waals surface area (Å²) in [6.07, 6.45) is 3.02. The molecule has 1 saturated carbocycles. The maximum absolute atomic E-state index is 12.5. The van der Waals surface area contributed by atoms with Crippen LogP contribution in [0.1, 0.15) is 47.0 Å². The van der Waals surface area contributed by atoms with Crippen LogP contribution in [0.5, 0.6) is 0 Å². The summed E-state index contributed by atoms with van der Waals surface area (Å²) in [5.74, 6) is 0. The molecule has 0 radical (unpaired) electrons. The smallest absolute Gasteiger partial charge is 0.220 e. The lowest BCUT2D eigenvalue weighted by atomic mass is 9.89. The highest BCUT2D eigenvalue weighted by molar-refractivity contribution is 7.90. The summed E-state index contributed by atoms with van der Waals surface area (Å²) in [4.78, 5) is 0. The second kappa shape index (κ2) is 3.68. The molecular formula is C12H23NO3S. The van der Waals surface area contributed by atoms with Crippen LogP contribution in [0.4, 0.5) is 0 Å². The molecule has 0 aromatic heterocycles. The van der Waals surface area contributed by atoms with Crippen molar-refractivity contribution in [1.29, 1.82) is 0 Å². The van der Waals surface area contributed by atoms with Crippen LogP contribution in [0.15, 0.2) is 0 Å². The van der Waals surface area contributed by atoms with Crippen LogP contribution in [-0.2, 0) is 14.8 Å². The Morgan fingerprint density at radius 1 is 1.35 bits per heavy atom. The standard InChI is InChI=1S/C12H23NO3S/c1-11(2,3)17(14,15)13-10-9(16-5)7-6-8-12(10,13)4/h9-10H,6-8H2,1-5H3/t9-,10-,12+,13?/m1/s1. The quantitative estimate of drug-likeness (QED) is 0.712. The third-order valence-corrected chi connectivity index (χ3v) is 6.89. The summed E-state index contributed by atoms with van der Waals surface area (Å²) in [7, 11) is -1.56. The van der Waals surface area contributed by atoms with Crippen molar-refractivity contribution in [3.05, 3.63) is 0 Å². The van der Waals surface area contributed by atoms with E-state index in [0.29, 0.717) is 0 Å². The first-order valence-electron chi connectivity index (χ1n) is 6.23. The van der Waals surface area contributed by atoms with Crippen molar-refractivity contribution in [2.75, 3.05) is 7.11 Å². The molecule has 0 aromatic rings. The van der Waals surface area contributed by atoms with E-state index in [9.17, 15) is 8.42 Å². The van der Waals surface area contributed by atoms with Crippen molar-refractivity contribution < 1.29 is 13.2 Å². The molecule has 0 aromatic carbocycles. The van der Waals surface area contributed by atoms with Crippen molar-refractivity contribution in [1.82, 2.24) is 4.31 Å². The number of nitrogens with zero attached hydrogens (tertiary/aromatic N) is 1. The first-order valence-corrected chi connectivity index (χ1v) is 7.67. The summed E-state index contributed by atoms with van der Waals surface area (Å²) < 4.78 is 31.4. The van der Waals surface area contributed by atoms with Gasteiger partial charge in [-0.05, 0) is 47.0 Å². The fourth-order valence-corrected chi connectivity index (χ4v) is 4.97. The van der Waals surface area contributed by atoms with Gasteiger partial charge in [-0.15, -0.1) is 0 Å². The third kappa shape index (κ3) is 1.74. The summed E-state index contributed by atoms with van der Waals surface area (Å²) in [6.45, 7) is 7.33. The molecule has 5 heteroatoms.